The predicted octanol–water partition coefficient (Wildman–Crippen LogP) is 2.28. The normalized spacial score (nSPS) is 20.0. The molecule has 0 aliphatic carbocycles. The molecule has 2 unspecified atom stereocenters. The van der Waals surface area contributed by atoms with Crippen molar-refractivity contribution >= 4 is 17.3 Å². The van der Waals surface area contributed by atoms with Gasteiger partial charge >= 0.3 is 0 Å². The molecule has 0 spiro atoms. The lowest BCUT2D eigenvalue weighted by molar-refractivity contribution is 0.136. The van der Waals surface area contributed by atoms with Gasteiger partial charge in [-0.25, -0.2) is 0 Å². The van der Waals surface area contributed by atoms with Crippen LogP contribution in [-0.2, 0) is 11.3 Å². The maximum Gasteiger partial charge on any atom is 0.0587 e. The molecule has 1 aromatic rings. The molecule has 1 saturated heterocycles. The number of hydrogen-bond donors (Lipinski definition) is 2. The maximum absolute atomic E-state index is 9.76. The third kappa shape index (κ3) is 4.58. The monoisotopic (exact) mass is 312 g/mol. The van der Waals surface area contributed by atoms with Crippen molar-refractivity contribution in [2.45, 2.75) is 26.0 Å². The second-order valence-corrected chi connectivity index (χ2v) is 6.11. The molecule has 1 aliphatic heterocycles. The van der Waals surface area contributed by atoms with E-state index in [-0.39, 0.29) is 6.10 Å². The number of benzene rings is 1. The summed E-state index contributed by atoms with van der Waals surface area (Å²) in [4.78, 5) is 2.33. The van der Waals surface area contributed by atoms with Crippen molar-refractivity contribution in [3.63, 3.8) is 0 Å². The zero-order chi connectivity index (χ0) is 15.2. The predicted molar refractivity (Wildman–Crippen MR) is 87.0 cm³/mol. The van der Waals surface area contributed by atoms with Gasteiger partial charge in [0.05, 0.1) is 12.7 Å². The van der Waals surface area contributed by atoms with Gasteiger partial charge in [0.2, 0.25) is 0 Å². The Labute approximate surface area is 132 Å². The quantitative estimate of drug-likeness (QED) is 0.758. The molecule has 0 radical (unpaired) electrons. The van der Waals surface area contributed by atoms with Crippen LogP contribution < -0.4 is 10.2 Å². The molecule has 21 heavy (non-hydrogen) atoms. The molecule has 5 heteroatoms. The Kier molecular flexibility index (Phi) is 6.30. The maximum atomic E-state index is 9.76. The summed E-state index contributed by atoms with van der Waals surface area (Å²) >= 11 is 6.16. The van der Waals surface area contributed by atoms with E-state index in [1.165, 1.54) is 11.3 Å². The molecule has 2 atom stereocenters. The van der Waals surface area contributed by atoms with Crippen LogP contribution in [0.4, 0.5) is 5.69 Å². The fraction of sp³-hybridized carbons (Fsp3) is 0.625. The van der Waals surface area contributed by atoms with E-state index >= 15 is 0 Å². The molecular weight excluding hydrogens is 288 g/mol. The number of ether oxygens (including phenoxy) is 1. The Balaban J connectivity index is 2.05. The van der Waals surface area contributed by atoms with Crippen LogP contribution in [0.5, 0.6) is 0 Å². The Morgan fingerprint density at radius 3 is 3.00 bits per heavy atom. The number of methoxy groups -OCH3 is 1. The van der Waals surface area contributed by atoms with E-state index in [4.69, 9.17) is 16.3 Å². The number of nitrogens with zero attached hydrogens (tertiary/aromatic N) is 1. The van der Waals surface area contributed by atoms with Gasteiger partial charge in [0, 0.05) is 49.9 Å². The molecule has 0 bridgehead atoms. The second kappa shape index (κ2) is 7.99. The largest absolute Gasteiger partial charge is 0.393 e. The second-order valence-electron chi connectivity index (χ2n) is 5.68. The zero-order valence-corrected chi connectivity index (χ0v) is 13.6. The Morgan fingerprint density at radius 1 is 1.52 bits per heavy atom. The van der Waals surface area contributed by atoms with Crippen LogP contribution in [0.25, 0.3) is 0 Å². The highest BCUT2D eigenvalue weighted by molar-refractivity contribution is 6.30. The molecule has 1 fully saturated rings. The van der Waals surface area contributed by atoms with Crippen molar-refractivity contribution in [3.05, 3.63) is 28.8 Å². The highest BCUT2D eigenvalue weighted by Crippen LogP contribution is 2.30. The highest BCUT2D eigenvalue weighted by Gasteiger charge is 2.27. The average Bonchev–Trinajstić information content (AvgIpc) is 2.94. The summed E-state index contributed by atoms with van der Waals surface area (Å²) < 4.78 is 5.05. The van der Waals surface area contributed by atoms with E-state index in [2.05, 4.69) is 16.3 Å². The zero-order valence-electron chi connectivity index (χ0n) is 12.8. The lowest BCUT2D eigenvalue weighted by Crippen LogP contribution is -2.26. The van der Waals surface area contributed by atoms with Crippen LogP contribution in [-0.4, -0.2) is 44.6 Å². The summed E-state index contributed by atoms with van der Waals surface area (Å²) in [7, 11) is 1.70. The number of halogens is 1. The minimum absolute atomic E-state index is 0.252. The third-order valence-electron chi connectivity index (χ3n) is 4.09. The number of rotatable bonds is 7. The van der Waals surface area contributed by atoms with Gasteiger partial charge in [0.1, 0.15) is 0 Å². The summed E-state index contributed by atoms with van der Waals surface area (Å²) in [6, 6.07) is 6.03. The lowest BCUT2D eigenvalue weighted by Gasteiger charge is -2.23. The Bertz CT molecular complexity index is 454. The molecule has 1 aliphatic rings. The van der Waals surface area contributed by atoms with Crippen molar-refractivity contribution in [3.8, 4) is 0 Å². The average molecular weight is 313 g/mol. The molecule has 1 aromatic carbocycles. The summed E-state index contributed by atoms with van der Waals surface area (Å²) in [6.07, 6.45) is 0.776. The smallest absolute Gasteiger partial charge is 0.0587 e. The summed E-state index contributed by atoms with van der Waals surface area (Å²) in [5.74, 6) is 0.346. The van der Waals surface area contributed by atoms with E-state index in [0.717, 1.165) is 37.6 Å². The highest BCUT2D eigenvalue weighted by atomic mass is 35.5. The fourth-order valence-electron chi connectivity index (χ4n) is 2.78. The van der Waals surface area contributed by atoms with E-state index in [0.29, 0.717) is 12.5 Å². The summed E-state index contributed by atoms with van der Waals surface area (Å²) in [5.41, 5.74) is 2.41. The number of aliphatic hydroxyl groups excluding tert-OH is 1. The summed E-state index contributed by atoms with van der Waals surface area (Å²) in [5, 5.41) is 13.9. The molecule has 0 saturated carbocycles. The van der Waals surface area contributed by atoms with Gasteiger partial charge in [-0.3, -0.25) is 0 Å². The van der Waals surface area contributed by atoms with E-state index in [1.54, 1.807) is 7.11 Å². The minimum Gasteiger partial charge on any atom is -0.393 e. The van der Waals surface area contributed by atoms with Crippen LogP contribution in [0.15, 0.2) is 18.2 Å². The fourth-order valence-corrected chi connectivity index (χ4v) is 2.94. The first-order valence-corrected chi connectivity index (χ1v) is 7.90. The van der Waals surface area contributed by atoms with E-state index in [9.17, 15) is 5.11 Å². The van der Waals surface area contributed by atoms with Gasteiger partial charge in [-0.05, 0) is 31.0 Å². The molecule has 0 aromatic heterocycles. The number of hydrogen-bond acceptors (Lipinski definition) is 4. The van der Waals surface area contributed by atoms with Crippen LogP contribution in [0.2, 0.25) is 5.02 Å². The van der Waals surface area contributed by atoms with Crippen LogP contribution >= 0.6 is 11.6 Å². The number of aliphatic hydroxyl groups is 1. The molecule has 2 rings (SSSR count). The lowest BCUT2D eigenvalue weighted by atomic mass is 10.0. The molecule has 118 valence electrons. The molecule has 1 heterocycles. The summed E-state index contributed by atoms with van der Waals surface area (Å²) in [6.45, 7) is 6.07. The van der Waals surface area contributed by atoms with Gasteiger partial charge in [-0.15, -0.1) is 0 Å². The van der Waals surface area contributed by atoms with Crippen molar-refractivity contribution < 1.29 is 9.84 Å². The first kappa shape index (κ1) is 16.6. The molecule has 4 nitrogen and oxygen atoms in total. The van der Waals surface area contributed by atoms with Crippen LogP contribution in [0, 0.1) is 5.92 Å². The minimum atomic E-state index is -0.252. The van der Waals surface area contributed by atoms with Gasteiger partial charge in [-0.1, -0.05) is 17.7 Å². The Morgan fingerprint density at radius 2 is 2.33 bits per heavy atom. The van der Waals surface area contributed by atoms with Crippen molar-refractivity contribution in [2.24, 2.45) is 5.92 Å². The van der Waals surface area contributed by atoms with E-state index in [1.807, 2.05) is 19.1 Å². The first-order valence-electron chi connectivity index (χ1n) is 7.53. The SMILES string of the molecule is COCCNCc1ccc(Cl)cc1N1CCC(C(C)O)C1. The van der Waals surface area contributed by atoms with Gasteiger partial charge in [0.25, 0.3) is 0 Å². The van der Waals surface area contributed by atoms with Crippen LogP contribution in [0.3, 0.4) is 0 Å². The van der Waals surface area contributed by atoms with Crippen molar-refractivity contribution in [1.29, 1.82) is 0 Å². The van der Waals surface area contributed by atoms with Gasteiger partial charge in [-0.2, -0.15) is 0 Å². The third-order valence-corrected chi connectivity index (χ3v) is 4.33. The standard InChI is InChI=1S/C16H25ClN2O2/c1-12(20)14-5-7-19(11-14)16-9-15(17)4-3-13(16)10-18-6-8-21-2/h3-4,9,12,14,18,20H,5-8,10-11H2,1-2H3. The van der Waals surface area contributed by atoms with Gasteiger partial charge < -0.3 is 20.1 Å². The van der Waals surface area contributed by atoms with E-state index < -0.39 is 0 Å². The van der Waals surface area contributed by atoms with Gasteiger partial charge in [0.15, 0.2) is 0 Å². The Hall–Kier alpha value is -0.810. The first-order chi connectivity index (χ1) is 10.1. The van der Waals surface area contributed by atoms with Crippen molar-refractivity contribution in [2.75, 3.05) is 38.3 Å². The molecule has 2 N–H and O–H groups in total. The number of anilines is 1. The molecular formula is C16H25ClN2O2. The van der Waals surface area contributed by atoms with Crippen LogP contribution in [0.1, 0.15) is 18.9 Å². The molecule has 0 amide bonds. The van der Waals surface area contributed by atoms with Crippen molar-refractivity contribution in [1.82, 2.24) is 5.32 Å². The number of nitrogens with one attached hydrogen (secondary N) is 1. The topological polar surface area (TPSA) is 44.7 Å².